The highest BCUT2D eigenvalue weighted by Gasteiger charge is 2.51. The smallest absolute Gasteiger partial charge is 0.403 e. The molecule has 1 amide bonds. The van der Waals surface area contributed by atoms with Crippen LogP contribution in [0.4, 0.5) is 0 Å². The van der Waals surface area contributed by atoms with Crippen molar-refractivity contribution >= 4 is 13.0 Å². The van der Waals surface area contributed by atoms with E-state index in [2.05, 4.69) is 60.7 Å². The van der Waals surface area contributed by atoms with Crippen LogP contribution in [0.1, 0.15) is 87.5 Å². The van der Waals surface area contributed by atoms with Crippen molar-refractivity contribution in [3.8, 4) is 0 Å². The van der Waals surface area contributed by atoms with E-state index in [0.29, 0.717) is 5.92 Å². The van der Waals surface area contributed by atoms with Crippen LogP contribution in [0.2, 0.25) is 6.32 Å². The molecule has 2 rings (SSSR count). The maximum Gasteiger partial charge on any atom is 0.457 e. The summed E-state index contributed by atoms with van der Waals surface area (Å²) < 4.78 is 12.2. The fourth-order valence-electron chi connectivity index (χ4n) is 4.10. The Hall–Kier alpha value is -0.545. The summed E-state index contributed by atoms with van der Waals surface area (Å²) in [5.41, 5.74) is -0.919. The Morgan fingerprint density at radius 3 is 2.20 bits per heavy atom. The molecule has 2 atom stereocenters. The van der Waals surface area contributed by atoms with Crippen LogP contribution < -0.4 is 5.32 Å². The zero-order valence-electron chi connectivity index (χ0n) is 17.6. The SMILES string of the molecule is CC(C)(C)NC(=O)[C@]1(C)CCC[C@H]1CCCB1OC(C)(C)C(C)(C)O1. The van der Waals surface area contributed by atoms with Crippen molar-refractivity contribution in [1.82, 2.24) is 5.32 Å². The molecule has 1 aliphatic heterocycles. The summed E-state index contributed by atoms with van der Waals surface area (Å²) >= 11 is 0. The first kappa shape index (κ1) is 20.8. The highest BCUT2D eigenvalue weighted by atomic mass is 16.7. The number of hydrogen-bond donors (Lipinski definition) is 1. The summed E-state index contributed by atoms with van der Waals surface area (Å²) in [6.07, 6.45) is 6.31. The summed E-state index contributed by atoms with van der Waals surface area (Å²) in [6, 6.07) is 0. The largest absolute Gasteiger partial charge is 0.457 e. The predicted molar refractivity (Wildman–Crippen MR) is 103 cm³/mol. The molecule has 1 saturated carbocycles. The fourth-order valence-corrected chi connectivity index (χ4v) is 4.10. The van der Waals surface area contributed by atoms with Crippen molar-refractivity contribution in [3.63, 3.8) is 0 Å². The zero-order valence-corrected chi connectivity index (χ0v) is 17.6. The zero-order chi connectivity index (χ0) is 19.1. The first-order chi connectivity index (χ1) is 11.3. The van der Waals surface area contributed by atoms with Gasteiger partial charge in [-0.15, -0.1) is 0 Å². The molecular weight excluding hydrogens is 313 g/mol. The minimum atomic E-state index is -0.258. The van der Waals surface area contributed by atoms with E-state index < -0.39 is 0 Å². The lowest BCUT2D eigenvalue weighted by Crippen LogP contribution is -2.49. The van der Waals surface area contributed by atoms with Gasteiger partial charge in [0.25, 0.3) is 0 Å². The number of carbonyl (C=O) groups is 1. The van der Waals surface area contributed by atoms with Crippen molar-refractivity contribution in [2.24, 2.45) is 11.3 Å². The first-order valence-electron chi connectivity index (χ1n) is 9.95. The van der Waals surface area contributed by atoms with E-state index in [-0.39, 0.29) is 35.2 Å². The highest BCUT2D eigenvalue weighted by Crippen LogP contribution is 2.46. The molecule has 2 aliphatic rings. The Labute approximate surface area is 154 Å². The maximum atomic E-state index is 12.8. The highest BCUT2D eigenvalue weighted by molar-refractivity contribution is 6.45. The number of carbonyl (C=O) groups excluding carboxylic acids is 1. The van der Waals surface area contributed by atoms with Crippen molar-refractivity contribution in [1.29, 1.82) is 0 Å². The lowest BCUT2D eigenvalue weighted by Gasteiger charge is -2.34. The quantitative estimate of drug-likeness (QED) is 0.738. The second-order valence-electron chi connectivity index (χ2n) is 10.3. The molecule has 0 radical (unpaired) electrons. The monoisotopic (exact) mass is 351 g/mol. The van der Waals surface area contributed by atoms with E-state index in [1.165, 1.54) is 0 Å². The van der Waals surface area contributed by atoms with Gasteiger partial charge in [-0.1, -0.05) is 19.8 Å². The average molecular weight is 351 g/mol. The Morgan fingerprint density at radius 1 is 1.12 bits per heavy atom. The standard InChI is InChI=1S/C20H38BNO3/c1-17(2,3)22-16(23)20(8)13-9-11-15(20)12-10-14-21-24-18(4,5)19(6,7)25-21/h15H,9-14H2,1-8H3,(H,22,23)/t15-,20+/m0/s1. The van der Waals surface area contributed by atoms with Crippen LogP contribution in [-0.4, -0.2) is 29.8 Å². The van der Waals surface area contributed by atoms with Crippen LogP contribution in [0, 0.1) is 11.3 Å². The summed E-state index contributed by atoms with van der Waals surface area (Å²) in [5, 5.41) is 3.20. The van der Waals surface area contributed by atoms with Crippen LogP contribution >= 0.6 is 0 Å². The summed E-state index contributed by atoms with van der Waals surface area (Å²) in [5.74, 6) is 0.676. The number of nitrogens with one attached hydrogen (secondary N) is 1. The van der Waals surface area contributed by atoms with Crippen LogP contribution in [-0.2, 0) is 14.1 Å². The van der Waals surface area contributed by atoms with Gasteiger partial charge in [0, 0.05) is 11.0 Å². The van der Waals surface area contributed by atoms with Crippen molar-refractivity contribution < 1.29 is 14.1 Å². The van der Waals surface area contributed by atoms with Crippen molar-refractivity contribution in [2.45, 2.75) is 111 Å². The molecule has 0 aromatic rings. The van der Waals surface area contributed by atoms with Gasteiger partial charge >= 0.3 is 7.12 Å². The van der Waals surface area contributed by atoms with Gasteiger partial charge < -0.3 is 14.6 Å². The van der Waals surface area contributed by atoms with Crippen molar-refractivity contribution in [3.05, 3.63) is 0 Å². The normalized spacial score (nSPS) is 31.4. The second-order valence-corrected chi connectivity index (χ2v) is 10.3. The number of amides is 1. The van der Waals surface area contributed by atoms with Gasteiger partial charge in [0.15, 0.2) is 0 Å². The summed E-state index contributed by atoms with van der Waals surface area (Å²) in [6.45, 7) is 16.7. The number of rotatable bonds is 5. The van der Waals surface area contributed by atoms with E-state index in [4.69, 9.17) is 9.31 Å². The molecule has 1 saturated heterocycles. The van der Waals surface area contributed by atoms with Gasteiger partial charge in [-0.25, -0.2) is 0 Å². The molecular formula is C20H38BNO3. The van der Waals surface area contributed by atoms with Crippen LogP contribution in [0.25, 0.3) is 0 Å². The third-order valence-electron chi connectivity index (χ3n) is 6.45. The maximum absolute atomic E-state index is 12.8. The van der Waals surface area contributed by atoms with Gasteiger partial charge in [-0.3, -0.25) is 4.79 Å². The van der Waals surface area contributed by atoms with Gasteiger partial charge in [0.05, 0.1) is 11.2 Å². The van der Waals surface area contributed by atoms with Crippen LogP contribution in [0.15, 0.2) is 0 Å². The second kappa shape index (κ2) is 6.88. The Morgan fingerprint density at radius 2 is 1.68 bits per heavy atom. The first-order valence-corrected chi connectivity index (χ1v) is 9.95. The Kier molecular flexibility index (Phi) is 5.72. The van der Waals surface area contributed by atoms with Gasteiger partial charge in [-0.2, -0.15) is 0 Å². The van der Waals surface area contributed by atoms with Gasteiger partial charge in [-0.05, 0) is 80.0 Å². The molecule has 0 aromatic heterocycles. The van der Waals surface area contributed by atoms with E-state index in [1.807, 2.05) is 0 Å². The molecule has 1 N–H and O–H groups in total. The van der Waals surface area contributed by atoms with Gasteiger partial charge in [0.2, 0.25) is 5.91 Å². The molecule has 1 aliphatic carbocycles. The minimum Gasteiger partial charge on any atom is -0.403 e. The van der Waals surface area contributed by atoms with E-state index in [9.17, 15) is 4.79 Å². The molecule has 0 unspecified atom stereocenters. The lowest BCUT2D eigenvalue weighted by atomic mass is 9.73. The van der Waals surface area contributed by atoms with Crippen LogP contribution in [0.5, 0.6) is 0 Å². The number of hydrogen-bond acceptors (Lipinski definition) is 3. The summed E-state index contributed by atoms with van der Waals surface area (Å²) in [4.78, 5) is 12.8. The molecule has 1 heterocycles. The molecule has 5 heteroatoms. The fraction of sp³-hybridized carbons (Fsp3) is 0.950. The Bertz CT molecular complexity index is 482. The van der Waals surface area contributed by atoms with Gasteiger partial charge in [0.1, 0.15) is 0 Å². The molecule has 4 nitrogen and oxygen atoms in total. The molecule has 25 heavy (non-hydrogen) atoms. The minimum absolute atomic E-state index is 0.124. The van der Waals surface area contributed by atoms with E-state index in [1.54, 1.807) is 0 Å². The molecule has 2 fully saturated rings. The lowest BCUT2D eigenvalue weighted by molar-refractivity contribution is -0.133. The third kappa shape index (κ3) is 4.60. The summed E-state index contributed by atoms with van der Waals surface area (Å²) in [7, 11) is -0.124. The Balaban J connectivity index is 1.87. The van der Waals surface area contributed by atoms with Crippen LogP contribution in [0.3, 0.4) is 0 Å². The molecule has 0 spiro atoms. The predicted octanol–water partition coefficient (Wildman–Crippen LogP) is 4.58. The average Bonchev–Trinajstić information content (AvgIpc) is 2.87. The van der Waals surface area contributed by atoms with E-state index >= 15 is 0 Å². The molecule has 144 valence electrons. The van der Waals surface area contributed by atoms with Crippen molar-refractivity contribution in [2.75, 3.05) is 0 Å². The third-order valence-corrected chi connectivity index (χ3v) is 6.45. The van der Waals surface area contributed by atoms with E-state index in [0.717, 1.165) is 38.4 Å². The molecule has 0 aromatic carbocycles. The topological polar surface area (TPSA) is 47.6 Å². The molecule has 0 bridgehead atoms.